The van der Waals surface area contributed by atoms with Gasteiger partial charge in [0.15, 0.2) is 0 Å². The smallest absolute Gasteiger partial charge is 0.253 e. The van der Waals surface area contributed by atoms with E-state index < -0.39 is 0 Å². The highest BCUT2D eigenvalue weighted by molar-refractivity contribution is 5.94. The molecule has 2 heterocycles. The first kappa shape index (κ1) is 18.0. The number of carbonyl (C=O) groups is 2. The number of nitrogens with zero attached hydrogens (tertiary/aromatic N) is 6. The van der Waals surface area contributed by atoms with Crippen molar-refractivity contribution in [2.24, 2.45) is 0 Å². The van der Waals surface area contributed by atoms with Crippen LogP contribution < -0.4 is 0 Å². The van der Waals surface area contributed by atoms with Gasteiger partial charge >= 0.3 is 0 Å². The molecule has 2 aromatic rings. The summed E-state index contributed by atoms with van der Waals surface area (Å²) in [7, 11) is 0. The fourth-order valence-electron chi connectivity index (χ4n) is 2.95. The average Bonchev–Trinajstić information content (AvgIpc) is 3.13. The zero-order valence-electron chi connectivity index (χ0n) is 15.4. The predicted octanol–water partition coefficient (Wildman–Crippen LogP) is 0.955. The van der Waals surface area contributed by atoms with E-state index in [1.54, 1.807) is 9.80 Å². The van der Waals surface area contributed by atoms with E-state index in [1.165, 1.54) is 16.6 Å². The van der Waals surface area contributed by atoms with Crippen molar-refractivity contribution in [3.05, 3.63) is 41.7 Å². The minimum absolute atomic E-state index is 0.0121. The molecule has 0 spiro atoms. The Bertz CT molecular complexity index is 756. The third-order valence-corrected chi connectivity index (χ3v) is 4.61. The van der Waals surface area contributed by atoms with Gasteiger partial charge in [-0.15, -0.1) is 5.10 Å². The maximum Gasteiger partial charge on any atom is 0.253 e. The van der Waals surface area contributed by atoms with Crippen molar-refractivity contribution in [3.63, 3.8) is 0 Å². The number of rotatable bonds is 3. The van der Waals surface area contributed by atoms with Gasteiger partial charge in [0.25, 0.3) is 5.91 Å². The first-order chi connectivity index (χ1) is 12.3. The maximum absolute atomic E-state index is 12.7. The van der Waals surface area contributed by atoms with E-state index in [-0.39, 0.29) is 23.8 Å². The van der Waals surface area contributed by atoms with E-state index in [2.05, 4.69) is 36.3 Å². The highest BCUT2D eigenvalue weighted by atomic mass is 16.2. The molecule has 0 atom stereocenters. The number of piperazine rings is 1. The molecule has 2 amide bonds. The Kier molecular flexibility index (Phi) is 5.01. The number of benzene rings is 1. The molecule has 0 aliphatic carbocycles. The van der Waals surface area contributed by atoms with Crippen LogP contribution in [0.2, 0.25) is 0 Å². The topological polar surface area (TPSA) is 84.2 Å². The Morgan fingerprint density at radius 2 is 1.62 bits per heavy atom. The first-order valence-corrected chi connectivity index (χ1v) is 8.73. The summed E-state index contributed by atoms with van der Waals surface area (Å²) < 4.78 is 1.40. The number of carbonyl (C=O) groups excluding carboxylic acids is 2. The second-order valence-electron chi connectivity index (χ2n) is 7.51. The monoisotopic (exact) mass is 356 g/mol. The van der Waals surface area contributed by atoms with E-state index in [1.807, 2.05) is 24.3 Å². The van der Waals surface area contributed by atoms with E-state index >= 15 is 0 Å². The van der Waals surface area contributed by atoms with Crippen molar-refractivity contribution >= 4 is 11.8 Å². The molecule has 26 heavy (non-hydrogen) atoms. The zero-order chi connectivity index (χ0) is 18.7. The molecule has 1 aliphatic rings. The standard InChI is InChI=1S/C18H24N6O2/c1-18(2,3)15-6-4-14(5-7-15)17(26)23-10-8-22(9-11-23)16(25)12-24-13-19-20-21-24/h4-7,13H,8-12H2,1-3H3. The molecule has 0 unspecified atom stereocenters. The lowest BCUT2D eigenvalue weighted by atomic mass is 9.86. The molecule has 0 N–H and O–H groups in total. The molecule has 0 radical (unpaired) electrons. The van der Waals surface area contributed by atoms with Crippen LogP contribution in [0, 0.1) is 0 Å². The number of hydrogen-bond acceptors (Lipinski definition) is 5. The fraction of sp³-hybridized carbons (Fsp3) is 0.500. The normalized spacial score (nSPS) is 15.2. The Labute approximate surface area is 152 Å². The van der Waals surface area contributed by atoms with Crippen LogP contribution in [-0.2, 0) is 16.8 Å². The largest absolute Gasteiger partial charge is 0.338 e. The predicted molar refractivity (Wildman–Crippen MR) is 95.4 cm³/mol. The molecule has 138 valence electrons. The van der Waals surface area contributed by atoms with Crippen LogP contribution in [0.15, 0.2) is 30.6 Å². The Morgan fingerprint density at radius 3 is 2.15 bits per heavy atom. The summed E-state index contributed by atoms with van der Waals surface area (Å²) in [6.07, 6.45) is 1.42. The summed E-state index contributed by atoms with van der Waals surface area (Å²) in [6, 6.07) is 7.80. The number of amides is 2. The van der Waals surface area contributed by atoms with Gasteiger partial charge in [-0.2, -0.15) is 0 Å². The average molecular weight is 356 g/mol. The molecule has 8 nitrogen and oxygen atoms in total. The fourth-order valence-corrected chi connectivity index (χ4v) is 2.95. The third kappa shape index (κ3) is 4.07. The molecule has 1 aromatic carbocycles. The molecule has 0 bridgehead atoms. The second-order valence-corrected chi connectivity index (χ2v) is 7.51. The second kappa shape index (κ2) is 7.23. The van der Waals surface area contributed by atoms with E-state index in [4.69, 9.17) is 0 Å². The number of aromatic nitrogens is 4. The van der Waals surface area contributed by atoms with Crippen molar-refractivity contribution in [3.8, 4) is 0 Å². The van der Waals surface area contributed by atoms with Crippen LogP contribution in [0.25, 0.3) is 0 Å². The van der Waals surface area contributed by atoms with Crippen LogP contribution in [0.3, 0.4) is 0 Å². The molecular weight excluding hydrogens is 332 g/mol. The summed E-state index contributed by atoms with van der Waals surface area (Å²) in [5.74, 6) is -0.0306. The molecule has 1 aromatic heterocycles. The van der Waals surface area contributed by atoms with Gasteiger partial charge in [-0.25, -0.2) is 4.68 Å². The van der Waals surface area contributed by atoms with Gasteiger partial charge in [0.2, 0.25) is 5.91 Å². The maximum atomic E-state index is 12.7. The van der Waals surface area contributed by atoms with Gasteiger partial charge in [-0.1, -0.05) is 32.9 Å². The highest BCUT2D eigenvalue weighted by Gasteiger charge is 2.25. The van der Waals surface area contributed by atoms with Gasteiger partial charge in [0.05, 0.1) is 0 Å². The molecule has 1 aliphatic heterocycles. The molecule has 1 fully saturated rings. The van der Waals surface area contributed by atoms with E-state index in [0.717, 1.165) is 0 Å². The molecular formula is C18H24N6O2. The SMILES string of the molecule is CC(C)(C)c1ccc(C(=O)N2CCN(C(=O)Cn3cnnn3)CC2)cc1. The van der Waals surface area contributed by atoms with Gasteiger partial charge in [-0.3, -0.25) is 9.59 Å². The van der Waals surface area contributed by atoms with Crippen LogP contribution in [0.1, 0.15) is 36.7 Å². The van der Waals surface area contributed by atoms with Crippen molar-refractivity contribution in [1.82, 2.24) is 30.0 Å². The van der Waals surface area contributed by atoms with Crippen LogP contribution in [0.4, 0.5) is 0 Å². The van der Waals surface area contributed by atoms with E-state index in [9.17, 15) is 9.59 Å². The summed E-state index contributed by atoms with van der Waals surface area (Å²) in [5, 5.41) is 10.7. The third-order valence-electron chi connectivity index (χ3n) is 4.61. The van der Waals surface area contributed by atoms with Crippen LogP contribution >= 0.6 is 0 Å². The summed E-state index contributed by atoms with van der Waals surface area (Å²) >= 11 is 0. The quantitative estimate of drug-likeness (QED) is 0.818. The van der Waals surface area contributed by atoms with Crippen LogP contribution in [0.5, 0.6) is 0 Å². The molecule has 0 saturated carbocycles. The van der Waals surface area contributed by atoms with Gasteiger partial charge in [0.1, 0.15) is 12.9 Å². The van der Waals surface area contributed by atoms with Crippen molar-refractivity contribution in [1.29, 1.82) is 0 Å². The van der Waals surface area contributed by atoms with Crippen molar-refractivity contribution in [2.45, 2.75) is 32.7 Å². The molecule has 3 rings (SSSR count). The van der Waals surface area contributed by atoms with Gasteiger partial charge in [0, 0.05) is 31.7 Å². The highest BCUT2D eigenvalue weighted by Crippen LogP contribution is 2.22. The lowest BCUT2D eigenvalue weighted by Crippen LogP contribution is -2.51. The van der Waals surface area contributed by atoms with Gasteiger partial charge < -0.3 is 9.80 Å². The summed E-state index contributed by atoms with van der Waals surface area (Å²) in [4.78, 5) is 28.5. The Morgan fingerprint density at radius 1 is 1.00 bits per heavy atom. The number of tetrazole rings is 1. The Hall–Kier alpha value is -2.77. The first-order valence-electron chi connectivity index (χ1n) is 8.73. The van der Waals surface area contributed by atoms with Crippen LogP contribution in [-0.4, -0.2) is 68.0 Å². The van der Waals surface area contributed by atoms with E-state index in [0.29, 0.717) is 31.7 Å². The van der Waals surface area contributed by atoms with Crippen molar-refractivity contribution < 1.29 is 9.59 Å². The minimum Gasteiger partial charge on any atom is -0.338 e. The lowest BCUT2D eigenvalue weighted by molar-refractivity contribution is -0.133. The minimum atomic E-state index is -0.0427. The number of hydrogen-bond donors (Lipinski definition) is 0. The molecule has 1 saturated heterocycles. The molecule has 8 heteroatoms. The lowest BCUT2D eigenvalue weighted by Gasteiger charge is -2.34. The summed E-state index contributed by atoms with van der Waals surface area (Å²) in [5.41, 5.74) is 1.95. The van der Waals surface area contributed by atoms with Crippen molar-refractivity contribution in [2.75, 3.05) is 26.2 Å². The Balaban J connectivity index is 1.55. The summed E-state index contributed by atoms with van der Waals surface area (Å²) in [6.45, 7) is 8.66. The zero-order valence-corrected chi connectivity index (χ0v) is 15.4. The van der Waals surface area contributed by atoms with Gasteiger partial charge in [-0.05, 0) is 33.5 Å².